The standard InChI is InChI=1S/C21H32O2/c1-3-5-6-7-8-9-10-11-12-13-14-15-16-17-18-19-21(22)23-20-4-2/h4-6,8-9,11-12,14-15H,2-3,7,10,13,16-20H2,1H3/b6-5-,9-8-,12-11-,15-14-. The molecule has 0 saturated heterocycles. The Labute approximate surface area is 142 Å². The van der Waals surface area contributed by atoms with Gasteiger partial charge in [-0.2, -0.15) is 0 Å². The smallest absolute Gasteiger partial charge is 0.306 e. The van der Waals surface area contributed by atoms with E-state index in [2.05, 4.69) is 62.1 Å². The van der Waals surface area contributed by atoms with E-state index in [0.29, 0.717) is 13.0 Å². The lowest BCUT2D eigenvalue weighted by Gasteiger charge is -2.00. The second-order valence-electron chi connectivity index (χ2n) is 5.22. The molecule has 0 rings (SSSR count). The van der Waals surface area contributed by atoms with E-state index in [1.165, 1.54) is 0 Å². The number of allylic oxidation sites excluding steroid dienone is 8. The maximum Gasteiger partial charge on any atom is 0.306 e. The van der Waals surface area contributed by atoms with Crippen molar-refractivity contribution < 1.29 is 9.53 Å². The molecule has 0 aliphatic heterocycles. The lowest BCUT2D eigenvalue weighted by atomic mass is 10.2. The van der Waals surface area contributed by atoms with Crippen LogP contribution in [0.4, 0.5) is 0 Å². The number of rotatable bonds is 14. The molecule has 0 aliphatic rings. The zero-order chi connectivity index (χ0) is 17.0. The number of esters is 1. The highest BCUT2D eigenvalue weighted by Gasteiger charge is 1.99. The quantitative estimate of drug-likeness (QED) is 0.220. The number of unbranched alkanes of at least 4 members (excludes halogenated alkanes) is 2. The maximum absolute atomic E-state index is 11.2. The van der Waals surface area contributed by atoms with Crippen LogP contribution in [0.2, 0.25) is 0 Å². The van der Waals surface area contributed by atoms with Gasteiger partial charge < -0.3 is 4.74 Å². The van der Waals surface area contributed by atoms with Crippen molar-refractivity contribution in [3.63, 3.8) is 0 Å². The Bertz CT molecular complexity index is 400. The molecule has 0 radical (unpaired) electrons. The summed E-state index contributed by atoms with van der Waals surface area (Å²) >= 11 is 0. The molecule has 2 heteroatoms. The topological polar surface area (TPSA) is 26.3 Å². The van der Waals surface area contributed by atoms with Crippen molar-refractivity contribution >= 4 is 5.97 Å². The first-order valence-corrected chi connectivity index (χ1v) is 8.67. The summed E-state index contributed by atoms with van der Waals surface area (Å²) < 4.78 is 4.92. The summed E-state index contributed by atoms with van der Waals surface area (Å²) in [6.07, 6.45) is 26.7. The lowest BCUT2D eigenvalue weighted by molar-refractivity contribution is -0.142. The highest BCUT2D eigenvalue weighted by atomic mass is 16.5. The summed E-state index contributed by atoms with van der Waals surface area (Å²) in [5.41, 5.74) is 0. The molecular formula is C21H32O2. The van der Waals surface area contributed by atoms with E-state index in [9.17, 15) is 4.79 Å². The molecule has 0 aromatic rings. The zero-order valence-electron chi connectivity index (χ0n) is 14.6. The van der Waals surface area contributed by atoms with Crippen LogP contribution >= 0.6 is 0 Å². The van der Waals surface area contributed by atoms with Crippen molar-refractivity contribution in [1.29, 1.82) is 0 Å². The lowest BCUT2D eigenvalue weighted by Crippen LogP contribution is -2.03. The Kier molecular flexibility index (Phi) is 16.8. The van der Waals surface area contributed by atoms with Crippen LogP contribution in [0.1, 0.15) is 58.3 Å². The fourth-order valence-electron chi connectivity index (χ4n) is 1.85. The average Bonchev–Trinajstić information content (AvgIpc) is 2.56. The van der Waals surface area contributed by atoms with Gasteiger partial charge in [-0.25, -0.2) is 0 Å². The first-order valence-electron chi connectivity index (χ1n) is 8.67. The van der Waals surface area contributed by atoms with Gasteiger partial charge in [-0.3, -0.25) is 4.79 Å². The van der Waals surface area contributed by atoms with Crippen molar-refractivity contribution in [2.24, 2.45) is 0 Å². The van der Waals surface area contributed by atoms with Gasteiger partial charge >= 0.3 is 5.97 Å². The molecule has 0 fully saturated rings. The van der Waals surface area contributed by atoms with Crippen LogP contribution in [-0.2, 0) is 9.53 Å². The summed E-state index contributed by atoms with van der Waals surface area (Å²) in [4.78, 5) is 11.2. The van der Waals surface area contributed by atoms with Crippen molar-refractivity contribution in [1.82, 2.24) is 0 Å². The van der Waals surface area contributed by atoms with E-state index in [4.69, 9.17) is 4.74 Å². The second-order valence-corrected chi connectivity index (χ2v) is 5.22. The van der Waals surface area contributed by atoms with Gasteiger partial charge in [0.1, 0.15) is 6.61 Å². The van der Waals surface area contributed by atoms with Gasteiger partial charge in [0.15, 0.2) is 0 Å². The number of hydrogen-bond donors (Lipinski definition) is 0. The predicted molar refractivity (Wildman–Crippen MR) is 100 cm³/mol. The predicted octanol–water partition coefficient (Wildman–Crippen LogP) is 6.08. The number of ether oxygens (including phenoxy) is 1. The first kappa shape index (κ1) is 21.2. The van der Waals surface area contributed by atoms with Crippen molar-refractivity contribution in [3.8, 4) is 0 Å². The third kappa shape index (κ3) is 18.1. The van der Waals surface area contributed by atoms with E-state index in [0.717, 1.165) is 44.9 Å². The summed E-state index contributed by atoms with van der Waals surface area (Å²) in [6.45, 7) is 5.97. The Morgan fingerprint density at radius 1 is 0.870 bits per heavy atom. The fourth-order valence-corrected chi connectivity index (χ4v) is 1.85. The summed E-state index contributed by atoms with van der Waals surface area (Å²) in [6, 6.07) is 0. The first-order chi connectivity index (χ1) is 11.3. The zero-order valence-corrected chi connectivity index (χ0v) is 14.6. The van der Waals surface area contributed by atoms with E-state index in [1.807, 2.05) is 0 Å². The normalized spacial score (nSPS) is 12.0. The van der Waals surface area contributed by atoms with Crippen LogP contribution < -0.4 is 0 Å². The fraction of sp³-hybridized carbons (Fsp3) is 0.476. The van der Waals surface area contributed by atoms with Gasteiger partial charge in [-0.05, 0) is 44.9 Å². The minimum Gasteiger partial charge on any atom is -0.461 e. The molecule has 0 aliphatic carbocycles. The molecule has 0 bridgehead atoms. The van der Waals surface area contributed by atoms with Crippen LogP contribution in [0.5, 0.6) is 0 Å². The molecule has 0 spiro atoms. The SMILES string of the molecule is C=CCOC(=O)CCCC/C=C\C/C=C\C/C=C\C/C=C\CC. The van der Waals surface area contributed by atoms with E-state index >= 15 is 0 Å². The van der Waals surface area contributed by atoms with Gasteiger partial charge in [0.25, 0.3) is 0 Å². The largest absolute Gasteiger partial charge is 0.461 e. The van der Waals surface area contributed by atoms with E-state index in [-0.39, 0.29) is 5.97 Å². The average molecular weight is 316 g/mol. The van der Waals surface area contributed by atoms with Crippen molar-refractivity contribution in [2.75, 3.05) is 6.61 Å². The molecule has 0 atom stereocenters. The number of carbonyl (C=O) groups is 1. The Morgan fingerprint density at radius 3 is 2.00 bits per heavy atom. The van der Waals surface area contributed by atoms with E-state index in [1.54, 1.807) is 6.08 Å². The Hall–Kier alpha value is -1.83. The van der Waals surface area contributed by atoms with E-state index < -0.39 is 0 Å². The third-order valence-electron chi connectivity index (χ3n) is 3.08. The van der Waals surface area contributed by atoms with Gasteiger partial charge in [-0.1, -0.05) is 68.2 Å². The summed E-state index contributed by atoms with van der Waals surface area (Å²) in [5.74, 6) is -0.130. The van der Waals surface area contributed by atoms with Crippen molar-refractivity contribution in [2.45, 2.75) is 58.3 Å². The van der Waals surface area contributed by atoms with Crippen molar-refractivity contribution in [3.05, 3.63) is 61.3 Å². The Morgan fingerprint density at radius 2 is 1.43 bits per heavy atom. The molecule has 0 N–H and O–H groups in total. The molecule has 2 nitrogen and oxygen atoms in total. The molecule has 0 heterocycles. The second kappa shape index (κ2) is 18.2. The number of carbonyl (C=O) groups excluding carboxylic acids is 1. The Balaban J connectivity index is 3.43. The minimum absolute atomic E-state index is 0.130. The maximum atomic E-state index is 11.2. The van der Waals surface area contributed by atoms with Gasteiger partial charge in [0.2, 0.25) is 0 Å². The molecule has 0 saturated carbocycles. The molecule has 0 unspecified atom stereocenters. The van der Waals surface area contributed by atoms with Gasteiger partial charge in [0.05, 0.1) is 0 Å². The monoisotopic (exact) mass is 316 g/mol. The van der Waals surface area contributed by atoms with Crippen LogP contribution in [0.25, 0.3) is 0 Å². The van der Waals surface area contributed by atoms with Gasteiger partial charge in [-0.15, -0.1) is 0 Å². The summed E-state index contributed by atoms with van der Waals surface area (Å²) in [5, 5.41) is 0. The molecular weight excluding hydrogens is 284 g/mol. The number of hydrogen-bond acceptors (Lipinski definition) is 2. The van der Waals surface area contributed by atoms with Crippen LogP contribution in [0.3, 0.4) is 0 Å². The third-order valence-corrected chi connectivity index (χ3v) is 3.08. The molecule has 23 heavy (non-hydrogen) atoms. The highest BCUT2D eigenvalue weighted by molar-refractivity contribution is 5.69. The summed E-state index contributed by atoms with van der Waals surface area (Å²) in [7, 11) is 0. The van der Waals surface area contributed by atoms with Gasteiger partial charge in [0, 0.05) is 6.42 Å². The molecule has 0 amide bonds. The van der Waals surface area contributed by atoms with Crippen LogP contribution in [0.15, 0.2) is 61.3 Å². The van der Waals surface area contributed by atoms with Crippen LogP contribution in [0, 0.1) is 0 Å². The molecule has 128 valence electrons. The molecule has 0 aromatic heterocycles. The highest BCUT2D eigenvalue weighted by Crippen LogP contribution is 2.03. The molecule has 0 aromatic carbocycles. The van der Waals surface area contributed by atoms with Crippen LogP contribution in [-0.4, -0.2) is 12.6 Å². The minimum atomic E-state index is -0.130.